The van der Waals surface area contributed by atoms with Crippen molar-refractivity contribution in [3.8, 4) is 0 Å². The van der Waals surface area contributed by atoms with Gasteiger partial charge in [0.1, 0.15) is 11.4 Å². The second kappa shape index (κ2) is 4.55. The van der Waals surface area contributed by atoms with E-state index in [2.05, 4.69) is 9.97 Å². The second-order valence-corrected chi connectivity index (χ2v) is 4.60. The van der Waals surface area contributed by atoms with Gasteiger partial charge in [-0.3, -0.25) is 0 Å². The van der Waals surface area contributed by atoms with Crippen LogP contribution in [0.15, 0.2) is 6.20 Å². The van der Waals surface area contributed by atoms with Gasteiger partial charge < -0.3 is 10.0 Å². The maximum Gasteiger partial charge on any atom is 0.421 e. The first-order valence-corrected chi connectivity index (χ1v) is 5.71. The highest BCUT2D eigenvalue weighted by molar-refractivity contribution is 6.28. The molecule has 1 fully saturated rings. The summed E-state index contributed by atoms with van der Waals surface area (Å²) in [7, 11) is 0. The van der Waals surface area contributed by atoms with Gasteiger partial charge in [0.2, 0.25) is 5.28 Å². The van der Waals surface area contributed by atoms with Crippen molar-refractivity contribution in [2.45, 2.75) is 31.7 Å². The van der Waals surface area contributed by atoms with Crippen molar-refractivity contribution in [1.29, 1.82) is 0 Å². The number of alkyl halides is 3. The normalized spacial score (nSPS) is 24.7. The molecule has 2 heterocycles. The molecular weight excluding hydrogens is 271 g/mol. The molecule has 0 amide bonds. The number of β-amino-alcohol motifs (C(OH)–C–C–N with tert-alkyl or cyclic N) is 1. The third kappa shape index (κ3) is 2.51. The number of aromatic nitrogens is 2. The average molecular weight is 282 g/mol. The van der Waals surface area contributed by atoms with E-state index in [4.69, 9.17) is 11.6 Å². The molecule has 100 valence electrons. The summed E-state index contributed by atoms with van der Waals surface area (Å²) < 4.78 is 38.5. The number of rotatable bonds is 1. The Hall–Kier alpha value is -1.08. The first-order valence-electron chi connectivity index (χ1n) is 5.33. The zero-order valence-electron chi connectivity index (χ0n) is 9.45. The van der Waals surface area contributed by atoms with Crippen LogP contribution in [0.4, 0.5) is 19.0 Å². The molecule has 0 saturated carbocycles. The predicted octanol–water partition coefficient (Wildman–Crippen LogP) is 2.11. The highest BCUT2D eigenvalue weighted by Crippen LogP contribution is 2.37. The van der Waals surface area contributed by atoms with E-state index in [1.807, 2.05) is 0 Å². The van der Waals surface area contributed by atoms with Gasteiger partial charge in [0.25, 0.3) is 0 Å². The third-order valence-electron chi connectivity index (χ3n) is 2.87. The summed E-state index contributed by atoms with van der Waals surface area (Å²) in [5.74, 6) is -0.272. The maximum absolute atomic E-state index is 12.8. The SMILES string of the molecule is C[C@H]1C[C@@H](O)CN1c1nc(Cl)ncc1C(F)(F)F. The molecule has 0 unspecified atom stereocenters. The monoisotopic (exact) mass is 281 g/mol. The molecule has 8 heteroatoms. The topological polar surface area (TPSA) is 49.2 Å². The molecular formula is C10H11ClF3N3O. The van der Waals surface area contributed by atoms with Gasteiger partial charge >= 0.3 is 6.18 Å². The molecule has 0 aromatic carbocycles. The van der Waals surface area contributed by atoms with Crippen LogP contribution in [0.1, 0.15) is 18.9 Å². The molecule has 1 aromatic rings. The van der Waals surface area contributed by atoms with E-state index in [9.17, 15) is 18.3 Å². The Labute approximate surface area is 106 Å². The second-order valence-electron chi connectivity index (χ2n) is 4.26. The zero-order valence-corrected chi connectivity index (χ0v) is 10.2. The van der Waals surface area contributed by atoms with E-state index in [1.54, 1.807) is 6.92 Å². The first-order chi connectivity index (χ1) is 8.29. The lowest BCUT2D eigenvalue weighted by molar-refractivity contribution is -0.137. The number of nitrogens with zero attached hydrogens (tertiary/aromatic N) is 3. The number of hydrogen-bond acceptors (Lipinski definition) is 4. The van der Waals surface area contributed by atoms with Gasteiger partial charge in [0, 0.05) is 18.8 Å². The molecule has 0 spiro atoms. The maximum atomic E-state index is 12.8. The Morgan fingerprint density at radius 3 is 2.67 bits per heavy atom. The zero-order chi connectivity index (χ0) is 13.5. The highest BCUT2D eigenvalue weighted by Gasteiger charge is 2.39. The molecule has 1 aromatic heterocycles. The Balaban J connectivity index is 2.46. The minimum atomic E-state index is -4.55. The standard InChI is InChI=1S/C10H11ClF3N3O/c1-5-2-6(18)4-17(5)8-7(10(12,13)14)3-15-9(11)16-8/h3,5-6,18H,2,4H2,1H3/t5-,6+/m0/s1. The van der Waals surface area contributed by atoms with Crippen molar-refractivity contribution in [2.24, 2.45) is 0 Å². The number of anilines is 1. The molecule has 0 radical (unpaired) electrons. The van der Waals surface area contributed by atoms with Crippen LogP contribution in [-0.2, 0) is 6.18 Å². The number of halogens is 4. The summed E-state index contributed by atoms with van der Waals surface area (Å²) >= 11 is 5.55. The molecule has 1 N–H and O–H groups in total. The smallest absolute Gasteiger partial charge is 0.391 e. The molecule has 0 bridgehead atoms. The lowest BCUT2D eigenvalue weighted by atomic mass is 10.2. The van der Waals surface area contributed by atoms with Gasteiger partial charge in [0.15, 0.2) is 0 Å². The molecule has 1 saturated heterocycles. The van der Waals surface area contributed by atoms with Crippen molar-refractivity contribution >= 4 is 17.4 Å². The molecule has 1 aliphatic rings. The van der Waals surface area contributed by atoms with E-state index < -0.39 is 17.8 Å². The summed E-state index contributed by atoms with van der Waals surface area (Å²) in [6.07, 6.45) is -4.14. The predicted molar refractivity (Wildman–Crippen MR) is 59.5 cm³/mol. The molecule has 0 aliphatic carbocycles. The van der Waals surface area contributed by atoms with Crippen LogP contribution < -0.4 is 4.90 Å². The Morgan fingerprint density at radius 1 is 1.50 bits per heavy atom. The van der Waals surface area contributed by atoms with E-state index >= 15 is 0 Å². The van der Waals surface area contributed by atoms with Crippen LogP contribution in [-0.4, -0.2) is 33.8 Å². The minimum Gasteiger partial charge on any atom is -0.391 e. The van der Waals surface area contributed by atoms with E-state index in [0.717, 1.165) is 0 Å². The minimum absolute atomic E-state index is 0.109. The van der Waals surface area contributed by atoms with Crippen molar-refractivity contribution in [1.82, 2.24) is 9.97 Å². The number of hydrogen-bond donors (Lipinski definition) is 1. The van der Waals surface area contributed by atoms with Gasteiger partial charge in [-0.25, -0.2) is 4.98 Å². The van der Waals surface area contributed by atoms with Crippen molar-refractivity contribution < 1.29 is 18.3 Å². The molecule has 4 nitrogen and oxygen atoms in total. The van der Waals surface area contributed by atoms with E-state index in [1.165, 1.54) is 4.90 Å². The fourth-order valence-corrected chi connectivity index (χ4v) is 2.20. The van der Waals surface area contributed by atoms with Gasteiger partial charge in [-0.15, -0.1) is 0 Å². The number of aliphatic hydroxyl groups is 1. The molecule has 2 rings (SSSR count). The van der Waals surface area contributed by atoms with E-state index in [0.29, 0.717) is 12.6 Å². The Kier molecular flexibility index (Phi) is 3.37. The summed E-state index contributed by atoms with van der Waals surface area (Å²) in [5, 5.41) is 9.25. The summed E-state index contributed by atoms with van der Waals surface area (Å²) in [6, 6.07) is -0.230. The molecule has 1 aliphatic heterocycles. The first kappa shape index (κ1) is 13.4. The Bertz CT molecular complexity index is 454. The van der Waals surface area contributed by atoms with Gasteiger partial charge in [0.05, 0.1) is 6.10 Å². The van der Waals surface area contributed by atoms with Crippen LogP contribution >= 0.6 is 11.6 Å². The van der Waals surface area contributed by atoms with Gasteiger partial charge in [-0.2, -0.15) is 18.2 Å². The summed E-state index contributed by atoms with van der Waals surface area (Å²) in [4.78, 5) is 8.43. The summed E-state index contributed by atoms with van der Waals surface area (Å²) in [5.41, 5.74) is -0.937. The van der Waals surface area contributed by atoms with E-state index in [-0.39, 0.29) is 23.7 Å². The van der Waals surface area contributed by atoms with Gasteiger partial charge in [-0.05, 0) is 24.9 Å². The molecule has 18 heavy (non-hydrogen) atoms. The van der Waals surface area contributed by atoms with Gasteiger partial charge in [-0.1, -0.05) is 0 Å². The van der Waals surface area contributed by atoms with Crippen LogP contribution in [0.2, 0.25) is 5.28 Å². The van der Waals surface area contributed by atoms with Crippen LogP contribution in [0.25, 0.3) is 0 Å². The van der Waals surface area contributed by atoms with Crippen molar-refractivity contribution in [2.75, 3.05) is 11.4 Å². The molecule has 2 atom stereocenters. The quantitative estimate of drug-likeness (QED) is 0.801. The summed E-state index contributed by atoms with van der Waals surface area (Å²) in [6.45, 7) is 1.84. The fourth-order valence-electron chi connectivity index (χ4n) is 2.07. The van der Waals surface area contributed by atoms with Crippen LogP contribution in [0.3, 0.4) is 0 Å². The van der Waals surface area contributed by atoms with Crippen molar-refractivity contribution in [3.05, 3.63) is 17.0 Å². The van der Waals surface area contributed by atoms with Crippen LogP contribution in [0.5, 0.6) is 0 Å². The fraction of sp³-hybridized carbons (Fsp3) is 0.600. The average Bonchev–Trinajstić information content (AvgIpc) is 2.55. The van der Waals surface area contributed by atoms with Crippen molar-refractivity contribution in [3.63, 3.8) is 0 Å². The highest BCUT2D eigenvalue weighted by atomic mass is 35.5. The number of aliphatic hydroxyl groups excluding tert-OH is 1. The third-order valence-corrected chi connectivity index (χ3v) is 3.05. The Morgan fingerprint density at radius 2 is 2.17 bits per heavy atom. The van der Waals surface area contributed by atoms with Crippen LogP contribution in [0, 0.1) is 0 Å². The lowest BCUT2D eigenvalue weighted by Gasteiger charge is -2.25. The largest absolute Gasteiger partial charge is 0.421 e. The lowest BCUT2D eigenvalue weighted by Crippen LogP contribution is -2.31.